The molecule has 2 aromatic carbocycles. The largest absolute Gasteiger partial charge is 0.497 e. The van der Waals surface area contributed by atoms with Gasteiger partial charge in [0, 0.05) is 24.3 Å². The molecule has 0 amide bonds. The zero-order chi connectivity index (χ0) is 36.5. The fourth-order valence-electron chi connectivity index (χ4n) is 7.57. The topological polar surface area (TPSA) is 36.9 Å². The van der Waals surface area contributed by atoms with Gasteiger partial charge in [-0.3, -0.25) is 0 Å². The van der Waals surface area contributed by atoms with Crippen molar-refractivity contribution in [2.24, 2.45) is 0 Å². The summed E-state index contributed by atoms with van der Waals surface area (Å²) in [7, 11) is -1.12. The van der Waals surface area contributed by atoms with Gasteiger partial charge >= 0.3 is 0 Å². The molecule has 0 unspecified atom stereocenters. The molecule has 0 spiro atoms. The van der Waals surface area contributed by atoms with Gasteiger partial charge in [0.25, 0.3) is 0 Å². The Labute approximate surface area is 311 Å². The van der Waals surface area contributed by atoms with E-state index in [2.05, 4.69) is 89.8 Å². The molecule has 0 radical (unpaired) electrons. The van der Waals surface area contributed by atoms with Crippen LogP contribution in [0, 0.1) is 11.8 Å². The molecule has 0 aliphatic rings. The van der Waals surface area contributed by atoms with E-state index in [1.54, 1.807) is 14.2 Å². The zero-order valence-electron chi connectivity index (χ0n) is 33.7. The predicted molar refractivity (Wildman–Crippen MR) is 222 cm³/mol. The van der Waals surface area contributed by atoms with E-state index >= 15 is 0 Å². The van der Waals surface area contributed by atoms with Gasteiger partial charge in [-0.2, -0.15) is 0 Å². The minimum Gasteiger partial charge on any atom is -0.497 e. The second kappa shape index (κ2) is 25.8. The van der Waals surface area contributed by atoms with Gasteiger partial charge in [-0.25, -0.2) is 0 Å². The first-order valence-electron chi connectivity index (χ1n) is 20.6. The predicted octanol–water partition coefficient (Wildman–Crippen LogP) is 11.8. The molecule has 0 heterocycles. The van der Waals surface area contributed by atoms with Crippen LogP contribution >= 0.6 is 0 Å². The molecule has 2 rings (SSSR count). The molecule has 50 heavy (non-hydrogen) atoms. The normalized spacial score (nSPS) is 11.8. The van der Waals surface area contributed by atoms with Crippen LogP contribution in [0.5, 0.6) is 11.5 Å². The maximum atomic E-state index is 7.01. The van der Waals surface area contributed by atoms with Crippen molar-refractivity contribution in [1.82, 2.24) is 0 Å². The highest BCUT2D eigenvalue weighted by molar-refractivity contribution is 6.87. The van der Waals surface area contributed by atoms with Crippen molar-refractivity contribution in [2.75, 3.05) is 27.4 Å². The zero-order valence-corrected chi connectivity index (χ0v) is 35.7. The van der Waals surface area contributed by atoms with E-state index in [1.165, 1.54) is 113 Å². The van der Waals surface area contributed by atoms with Crippen LogP contribution in [0.4, 0.5) is 0 Å². The Bertz CT molecular complexity index is 1130. The van der Waals surface area contributed by atoms with E-state index in [4.69, 9.17) is 18.3 Å². The first kappa shape index (κ1) is 44.1. The summed E-state index contributed by atoms with van der Waals surface area (Å²) in [5.41, 5.74) is 2.14. The summed E-state index contributed by atoms with van der Waals surface area (Å²) in [5, 5.41) is 2.69. The Balaban J connectivity index is 2.79. The summed E-state index contributed by atoms with van der Waals surface area (Å²) in [4.78, 5) is 0. The Morgan fingerprint density at radius 2 is 0.760 bits per heavy atom. The van der Waals surface area contributed by atoms with Crippen LogP contribution in [0.2, 0.25) is 24.2 Å². The molecule has 2 aromatic rings. The molecule has 0 N–H and O–H groups in total. The van der Waals surface area contributed by atoms with Gasteiger partial charge < -0.3 is 18.3 Å². The highest BCUT2D eigenvalue weighted by atomic mass is 28.4. The lowest BCUT2D eigenvalue weighted by atomic mass is 10.1. The van der Waals surface area contributed by atoms with Crippen LogP contribution in [0.3, 0.4) is 0 Å². The third-order valence-corrected chi connectivity index (χ3v) is 19.5. The van der Waals surface area contributed by atoms with Crippen LogP contribution < -0.4 is 19.8 Å². The van der Waals surface area contributed by atoms with Crippen LogP contribution in [0.15, 0.2) is 36.4 Å². The molecular weight excluding hydrogens is 649 g/mol. The van der Waals surface area contributed by atoms with Crippen molar-refractivity contribution < 1.29 is 18.3 Å². The highest BCUT2D eigenvalue weighted by Gasteiger charge is 2.39. The van der Waals surface area contributed by atoms with Crippen molar-refractivity contribution in [1.29, 1.82) is 0 Å². The lowest BCUT2D eigenvalue weighted by Crippen LogP contribution is -2.52. The van der Waals surface area contributed by atoms with Gasteiger partial charge in [0.15, 0.2) is 0 Å². The molecule has 0 aliphatic heterocycles. The number of hydrogen-bond donors (Lipinski definition) is 0. The summed E-state index contributed by atoms with van der Waals surface area (Å²) < 4.78 is 25.6. The fourth-order valence-corrected chi connectivity index (χ4v) is 16.5. The lowest BCUT2D eigenvalue weighted by Gasteiger charge is -2.33. The average molecular weight is 723 g/mol. The lowest BCUT2D eigenvalue weighted by molar-refractivity contribution is 0.325. The van der Waals surface area contributed by atoms with Gasteiger partial charge in [0.05, 0.1) is 14.2 Å². The van der Waals surface area contributed by atoms with E-state index in [1.807, 2.05) is 0 Å². The van der Waals surface area contributed by atoms with E-state index in [9.17, 15) is 0 Å². The number of ether oxygens (including phenoxy) is 2. The average Bonchev–Trinajstić information content (AvgIpc) is 3.14. The van der Waals surface area contributed by atoms with E-state index in [0.29, 0.717) is 0 Å². The van der Waals surface area contributed by atoms with Crippen molar-refractivity contribution in [2.45, 2.75) is 168 Å². The molecular formula is C44H74O4Si2. The smallest absolute Gasteiger partial charge is 0.225 e. The summed E-state index contributed by atoms with van der Waals surface area (Å²) in [6.45, 7) is 15.0. The quantitative estimate of drug-likeness (QED) is 0.0498. The van der Waals surface area contributed by atoms with Crippen molar-refractivity contribution in [3.63, 3.8) is 0 Å². The molecule has 0 aliphatic carbocycles. The minimum absolute atomic E-state index is 0.741. The second-order valence-corrected chi connectivity index (χ2v) is 21.8. The van der Waals surface area contributed by atoms with Crippen LogP contribution in [0.25, 0.3) is 0 Å². The first-order chi connectivity index (χ1) is 24.4. The van der Waals surface area contributed by atoms with Gasteiger partial charge in [0.2, 0.25) is 16.6 Å². The Kier molecular flexibility index (Phi) is 22.8. The third-order valence-electron chi connectivity index (χ3n) is 10.3. The van der Waals surface area contributed by atoms with Crippen molar-refractivity contribution in [3.05, 3.63) is 47.5 Å². The minimum atomic E-state index is -2.32. The van der Waals surface area contributed by atoms with Crippen LogP contribution in [-0.4, -0.2) is 44.1 Å². The maximum absolute atomic E-state index is 7.01. The Morgan fingerprint density at radius 3 is 1.02 bits per heavy atom. The molecule has 0 saturated carbocycles. The second-order valence-electron chi connectivity index (χ2n) is 14.2. The molecule has 6 heteroatoms. The number of rotatable bonds is 28. The molecule has 0 aromatic heterocycles. The first-order valence-corrected chi connectivity index (χ1v) is 25.2. The Hall–Kier alpha value is -2.05. The third kappa shape index (κ3) is 14.2. The summed E-state index contributed by atoms with van der Waals surface area (Å²) in [6.07, 6.45) is 20.0. The van der Waals surface area contributed by atoms with E-state index in [-0.39, 0.29) is 0 Å². The molecule has 0 saturated heterocycles. The Morgan fingerprint density at radius 1 is 0.440 bits per heavy atom. The maximum Gasteiger partial charge on any atom is 0.225 e. The van der Waals surface area contributed by atoms with Gasteiger partial charge in [-0.05, 0) is 72.7 Å². The number of unbranched alkanes of at least 4 members (excludes halogenated alkanes) is 12. The summed E-state index contributed by atoms with van der Waals surface area (Å²) >= 11 is 0. The highest BCUT2D eigenvalue weighted by Crippen LogP contribution is 2.30. The molecule has 282 valence electrons. The van der Waals surface area contributed by atoms with Crippen molar-refractivity contribution in [3.8, 4) is 23.3 Å². The van der Waals surface area contributed by atoms with Gasteiger partial charge in [0.1, 0.15) is 11.5 Å². The number of hydrogen-bond acceptors (Lipinski definition) is 4. The number of benzene rings is 2. The van der Waals surface area contributed by atoms with Crippen LogP contribution in [-0.2, 0) is 8.85 Å². The SMILES string of the molecule is CCCCCC[Si](CCCCCC)(OCC)c1ccc(OC)cc1C#Cc1cc(OC)ccc1[Si](CCCCCC)(CCCCCC)OCC. The molecule has 4 nitrogen and oxygen atoms in total. The van der Waals surface area contributed by atoms with Crippen LogP contribution in [0.1, 0.15) is 155 Å². The standard InChI is InChI=1S/C44H74O4Si2/c1-9-15-19-23-33-49(47-13-5,34-24-20-16-10-2)43-31-29-41(45-7)37-39(43)27-28-40-38-42(46-8)30-32-44(40)50(48-14-6,35-25-21-17-11-3)36-26-22-18-12-4/h29-32,37-38H,9-26,33-36H2,1-8H3. The molecule has 0 atom stereocenters. The van der Waals surface area contributed by atoms with E-state index < -0.39 is 16.6 Å². The summed E-state index contributed by atoms with van der Waals surface area (Å²) in [6, 6.07) is 17.8. The molecule has 0 fully saturated rings. The van der Waals surface area contributed by atoms with Gasteiger partial charge in [-0.15, -0.1) is 0 Å². The van der Waals surface area contributed by atoms with Crippen molar-refractivity contribution >= 4 is 27.0 Å². The number of methoxy groups -OCH3 is 2. The van der Waals surface area contributed by atoms with Gasteiger partial charge in [-0.1, -0.05) is 154 Å². The molecule has 0 bridgehead atoms. The monoisotopic (exact) mass is 723 g/mol. The summed E-state index contributed by atoms with van der Waals surface area (Å²) in [5.74, 6) is 9.24. The fraction of sp³-hybridized carbons (Fsp3) is 0.682. The van der Waals surface area contributed by atoms with E-state index in [0.717, 1.165) is 60.0 Å².